The fraction of sp³-hybridized carbons (Fsp3) is 0.286. The Labute approximate surface area is 145 Å². The molecule has 0 atom stereocenters. The van der Waals surface area contributed by atoms with Gasteiger partial charge in [-0.3, -0.25) is 9.48 Å². The molecule has 0 aliphatic carbocycles. The third-order valence-corrected chi connectivity index (χ3v) is 4.15. The Morgan fingerprint density at radius 2 is 2.05 bits per heavy atom. The molecule has 7 heteroatoms. The molecule has 0 saturated heterocycles. The maximum atomic E-state index is 12.7. The maximum Gasteiger partial charge on any atom is 0.212 e. The molecule has 0 aliphatic heterocycles. The summed E-state index contributed by atoms with van der Waals surface area (Å²) < 4.78 is 3.16. The van der Waals surface area contributed by atoms with E-state index in [-0.39, 0.29) is 5.78 Å². The zero-order valence-electron chi connectivity index (χ0n) is 11.6. The van der Waals surface area contributed by atoms with E-state index in [0.29, 0.717) is 27.3 Å². The monoisotopic (exact) mass is 433 g/mol. The number of aromatic nitrogens is 2. The van der Waals surface area contributed by atoms with Gasteiger partial charge in [0.1, 0.15) is 5.69 Å². The second kappa shape index (κ2) is 7.05. The lowest BCUT2D eigenvalue weighted by Crippen LogP contribution is -2.21. The van der Waals surface area contributed by atoms with Crippen molar-refractivity contribution in [3.05, 3.63) is 49.6 Å². The normalized spacial score (nSPS) is 11.1. The minimum Gasteiger partial charge on any atom is -0.308 e. The van der Waals surface area contributed by atoms with Crippen molar-refractivity contribution in [3.8, 4) is 0 Å². The number of hydrogen-bond acceptors (Lipinski definition) is 3. The lowest BCUT2D eigenvalue weighted by molar-refractivity contribution is 0.102. The molecular weight excluding hydrogens is 421 g/mol. The fourth-order valence-corrected chi connectivity index (χ4v) is 3.21. The topological polar surface area (TPSA) is 38.1 Å². The highest BCUT2D eigenvalue weighted by Crippen LogP contribution is 2.24. The quantitative estimate of drug-likeness (QED) is 0.670. The van der Waals surface area contributed by atoms with Crippen LogP contribution in [0.5, 0.6) is 0 Å². The minimum atomic E-state index is -0.110. The molecule has 0 amide bonds. The number of hydrogen-bond donors (Lipinski definition) is 0. The minimum absolute atomic E-state index is 0.110. The average molecular weight is 436 g/mol. The van der Waals surface area contributed by atoms with Crippen molar-refractivity contribution >= 4 is 49.2 Å². The number of benzene rings is 1. The number of carbonyl (C=O) groups excluding carboxylic acids is 1. The molecule has 0 aliphatic rings. The number of halogens is 3. The van der Waals surface area contributed by atoms with Crippen LogP contribution in [0.4, 0.5) is 0 Å². The summed E-state index contributed by atoms with van der Waals surface area (Å²) in [4.78, 5) is 14.8. The number of likely N-dealkylation sites (N-methyl/N-ethyl adjacent to an activating group) is 1. The molecule has 0 saturated carbocycles. The first-order valence-electron chi connectivity index (χ1n) is 6.25. The molecule has 21 heavy (non-hydrogen) atoms. The summed E-state index contributed by atoms with van der Waals surface area (Å²) in [6.07, 6.45) is 1.64. The summed E-state index contributed by atoms with van der Waals surface area (Å²) in [6.45, 7) is 1.44. The molecular formula is C14H14Br2ClN3O. The molecule has 1 aromatic heterocycles. The highest BCUT2D eigenvalue weighted by molar-refractivity contribution is 9.10. The van der Waals surface area contributed by atoms with Crippen molar-refractivity contribution in [1.29, 1.82) is 0 Å². The van der Waals surface area contributed by atoms with Gasteiger partial charge in [0.25, 0.3) is 0 Å². The number of carbonyl (C=O) groups is 1. The molecule has 0 spiro atoms. The molecule has 1 heterocycles. The summed E-state index contributed by atoms with van der Waals surface area (Å²) >= 11 is 12.8. The molecule has 0 bridgehead atoms. The van der Waals surface area contributed by atoms with Gasteiger partial charge >= 0.3 is 0 Å². The molecule has 0 fully saturated rings. The zero-order chi connectivity index (χ0) is 15.6. The van der Waals surface area contributed by atoms with Gasteiger partial charge < -0.3 is 4.90 Å². The van der Waals surface area contributed by atoms with Gasteiger partial charge in [0.05, 0.1) is 17.2 Å². The second-order valence-corrected chi connectivity index (χ2v) is 7.06. The van der Waals surface area contributed by atoms with Gasteiger partial charge in [-0.05, 0) is 48.2 Å². The fourth-order valence-electron chi connectivity index (χ4n) is 1.87. The summed E-state index contributed by atoms with van der Waals surface area (Å²) in [5.74, 6) is -0.110. The van der Waals surface area contributed by atoms with Crippen molar-refractivity contribution in [3.63, 3.8) is 0 Å². The molecule has 0 unspecified atom stereocenters. The predicted molar refractivity (Wildman–Crippen MR) is 91.1 cm³/mol. The van der Waals surface area contributed by atoms with E-state index in [0.717, 1.165) is 11.0 Å². The second-order valence-electron chi connectivity index (χ2n) is 4.85. The SMILES string of the molecule is CN(C)CCn1ncc(Br)c1C(=O)c1cc(Cl)cc(Br)c1. The molecule has 2 aromatic rings. The Hall–Kier alpha value is -0.690. The van der Waals surface area contributed by atoms with Gasteiger partial charge in [-0.15, -0.1) is 0 Å². The molecule has 4 nitrogen and oxygen atoms in total. The third kappa shape index (κ3) is 4.16. The van der Waals surface area contributed by atoms with E-state index in [1.54, 1.807) is 29.1 Å². The summed E-state index contributed by atoms with van der Waals surface area (Å²) in [7, 11) is 3.96. The molecule has 2 rings (SSSR count). The van der Waals surface area contributed by atoms with E-state index >= 15 is 0 Å². The number of rotatable bonds is 5. The molecule has 1 aromatic carbocycles. The zero-order valence-corrected chi connectivity index (χ0v) is 15.5. The lowest BCUT2D eigenvalue weighted by atomic mass is 10.1. The Kier molecular flexibility index (Phi) is 5.60. The predicted octanol–water partition coefficient (Wildman–Crippen LogP) is 3.85. The van der Waals surface area contributed by atoms with Crippen molar-refractivity contribution < 1.29 is 4.79 Å². The Morgan fingerprint density at radius 3 is 2.67 bits per heavy atom. The van der Waals surface area contributed by atoms with Gasteiger partial charge in [-0.2, -0.15) is 5.10 Å². The van der Waals surface area contributed by atoms with E-state index in [9.17, 15) is 4.79 Å². The van der Waals surface area contributed by atoms with Crippen LogP contribution in [0.3, 0.4) is 0 Å². The summed E-state index contributed by atoms with van der Waals surface area (Å²) in [6, 6.07) is 5.16. The highest BCUT2D eigenvalue weighted by Gasteiger charge is 2.19. The lowest BCUT2D eigenvalue weighted by Gasteiger charge is -2.12. The van der Waals surface area contributed by atoms with Crippen molar-refractivity contribution in [2.45, 2.75) is 6.54 Å². The van der Waals surface area contributed by atoms with E-state index in [4.69, 9.17) is 11.6 Å². The van der Waals surface area contributed by atoms with E-state index in [1.807, 2.05) is 19.0 Å². The van der Waals surface area contributed by atoms with Gasteiger partial charge in [0.2, 0.25) is 5.78 Å². The van der Waals surface area contributed by atoms with E-state index in [2.05, 4.69) is 37.0 Å². The third-order valence-electron chi connectivity index (χ3n) is 2.89. The van der Waals surface area contributed by atoms with Crippen LogP contribution in [-0.4, -0.2) is 41.1 Å². The standard InChI is InChI=1S/C14H14Br2ClN3O/c1-19(2)3-4-20-13(12(16)8-18-20)14(21)9-5-10(15)7-11(17)6-9/h5-8H,3-4H2,1-2H3. The van der Waals surface area contributed by atoms with Crippen molar-refractivity contribution in [2.24, 2.45) is 0 Å². The van der Waals surface area contributed by atoms with Crippen LogP contribution in [0, 0.1) is 0 Å². The Bertz CT molecular complexity index is 650. The first-order chi connectivity index (χ1) is 9.88. The smallest absolute Gasteiger partial charge is 0.212 e. The highest BCUT2D eigenvalue weighted by atomic mass is 79.9. The van der Waals surface area contributed by atoms with Crippen LogP contribution in [0.2, 0.25) is 5.02 Å². The largest absolute Gasteiger partial charge is 0.308 e. The first-order valence-corrected chi connectivity index (χ1v) is 8.21. The first kappa shape index (κ1) is 16.7. The molecule has 0 N–H and O–H groups in total. The van der Waals surface area contributed by atoms with Gasteiger partial charge in [-0.1, -0.05) is 27.5 Å². The maximum absolute atomic E-state index is 12.7. The Balaban J connectivity index is 2.36. The van der Waals surface area contributed by atoms with Gasteiger partial charge in [-0.25, -0.2) is 0 Å². The van der Waals surface area contributed by atoms with Crippen LogP contribution in [0.15, 0.2) is 33.3 Å². The Morgan fingerprint density at radius 1 is 1.33 bits per heavy atom. The van der Waals surface area contributed by atoms with Crippen LogP contribution in [-0.2, 0) is 6.54 Å². The van der Waals surface area contributed by atoms with Crippen LogP contribution in [0.1, 0.15) is 16.1 Å². The number of ketones is 1. The van der Waals surface area contributed by atoms with Gasteiger partial charge in [0.15, 0.2) is 0 Å². The molecule has 112 valence electrons. The molecule has 0 radical (unpaired) electrons. The van der Waals surface area contributed by atoms with E-state index in [1.165, 1.54) is 0 Å². The average Bonchev–Trinajstić information content (AvgIpc) is 2.75. The van der Waals surface area contributed by atoms with Crippen LogP contribution >= 0.6 is 43.5 Å². The van der Waals surface area contributed by atoms with Crippen molar-refractivity contribution in [1.82, 2.24) is 14.7 Å². The van der Waals surface area contributed by atoms with Crippen LogP contribution < -0.4 is 0 Å². The number of nitrogens with zero attached hydrogens (tertiary/aromatic N) is 3. The van der Waals surface area contributed by atoms with Crippen molar-refractivity contribution in [2.75, 3.05) is 20.6 Å². The summed E-state index contributed by atoms with van der Waals surface area (Å²) in [5, 5.41) is 4.77. The van der Waals surface area contributed by atoms with Crippen LogP contribution in [0.25, 0.3) is 0 Å². The van der Waals surface area contributed by atoms with Gasteiger partial charge in [0, 0.05) is 21.6 Å². The summed E-state index contributed by atoms with van der Waals surface area (Å²) in [5.41, 5.74) is 1.06. The van der Waals surface area contributed by atoms with E-state index < -0.39 is 0 Å².